The molecule has 2 heterocycles. The van der Waals surface area contributed by atoms with Gasteiger partial charge in [-0.2, -0.15) is 0 Å². The van der Waals surface area contributed by atoms with Gasteiger partial charge in [0, 0.05) is 24.8 Å². The zero-order valence-electron chi connectivity index (χ0n) is 12.7. The van der Waals surface area contributed by atoms with Crippen LogP contribution >= 0.6 is 0 Å². The molecule has 7 nitrogen and oxygen atoms in total. The fourth-order valence-corrected chi connectivity index (χ4v) is 1.69. The molecule has 0 aliphatic heterocycles. The summed E-state index contributed by atoms with van der Waals surface area (Å²) in [5.41, 5.74) is 8.44. The van der Waals surface area contributed by atoms with E-state index in [1.165, 1.54) is 5.01 Å². The second kappa shape index (κ2) is 7.37. The second-order valence-electron chi connectivity index (χ2n) is 4.82. The van der Waals surface area contributed by atoms with Crippen LogP contribution in [-0.4, -0.2) is 21.6 Å². The van der Waals surface area contributed by atoms with Gasteiger partial charge in [-0.1, -0.05) is 6.92 Å². The highest BCUT2D eigenvalue weighted by molar-refractivity contribution is 5.42. The first kappa shape index (κ1) is 15.7. The van der Waals surface area contributed by atoms with Crippen molar-refractivity contribution < 1.29 is 4.74 Å². The number of hydrazine groups is 1. The highest BCUT2D eigenvalue weighted by atomic mass is 16.5. The SMILES string of the molecule is CCc1cnc(OC/C(N)=C/N(N)c2cc(C)ccn2)nc1. The molecule has 0 aliphatic rings. The van der Waals surface area contributed by atoms with E-state index in [9.17, 15) is 0 Å². The Morgan fingerprint density at radius 3 is 2.68 bits per heavy atom. The van der Waals surface area contributed by atoms with E-state index in [2.05, 4.69) is 15.0 Å². The molecule has 0 saturated carbocycles. The highest BCUT2D eigenvalue weighted by Gasteiger charge is 2.03. The molecule has 116 valence electrons. The number of nitrogens with two attached hydrogens (primary N) is 2. The van der Waals surface area contributed by atoms with Crippen LogP contribution in [0.3, 0.4) is 0 Å². The minimum atomic E-state index is 0.144. The molecular weight excluding hydrogens is 280 g/mol. The Hall–Kier alpha value is -2.67. The number of hydrogen-bond acceptors (Lipinski definition) is 7. The monoisotopic (exact) mass is 300 g/mol. The van der Waals surface area contributed by atoms with Crippen LogP contribution in [0, 0.1) is 6.92 Å². The van der Waals surface area contributed by atoms with Gasteiger partial charge < -0.3 is 10.5 Å². The van der Waals surface area contributed by atoms with Gasteiger partial charge in [0.2, 0.25) is 0 Å². The van der Waals surface area contributed by atoms with Crippen LogP contribution in [0.4, 0.5) is 5.82 Å². The topological polar surface area (TPSA) is 103 Å². The van der Waals surface area contributed by atoms with E-state index in [4.69, 9.17) is 16.3 Å². The van der Waals surface area contributed by atoms with Crippen LogP contribution in [0.1, 0.15) is 18.1 Å². The minimum Gasteiger partial charge on any atom is -0.457 e. The van der Waals surface area contributed by atoms with Crippen LogP contribution in [-0.2, 0) is 6.42 Å². The first-order valence-electron chi connectivity index (χ1n) is 6.95. The molecule has 0 aliphatic carbocycles. The molecule has 0 spiro atoms. The van der Waals surface area contributed by atoms with Gasteiger partial charge in [0.25, 0.3) is 0 Å². The number of rotatable bonds is 6. The Kier molecular flexibility index (Phi) is 5.26. The predicted molar refractivity (Wildman–Crippen MR) is 84.8 cm³/mol. The highest BCUT2D eigenvalue weighted by Crippen LogP contribution is 2.10. The second-order valence-corrected chi connectivity index (χ2v) is 4.82. The number of hydrogen-bond donors (Lipinski definition) is 2. The van der Waals surface area contributed by atoms with Gasteiger partial charge in [-0.3, -0.25) is 5.01 Å². The molecule has 0 radical (unpaired) electrons. The Balaban J connectivity index is 1.94. The van der Waals surface area contributed by atoms with Crippen molar-refractivity contribution in [2.45, 2.75) is 20.3 Å². The zero-order valence-corrected chi connectivity index (χ0v) is 12.7. The maximum atomic E-state index is 5.90. The lowest BCUT2D eigenvalue weighted by Crippen LogP contribution is -2.28. The molecule has 2 rings (SSSR count). The lowest BCUT2D eigenvalue weighted by Gasteiger charge is -2.14. The summed E-state index contributed by atoms with van der Waals surface area (Å²) >= 11 is 0. The van der Waals surface area contributed by atoms with Crippen LogP contribution in [0.15, 0.2) is 42.6 Å². The van der Waals surface area contributed by atoms with Crippen LogP contribution in [0.5, 0.6) is 6.01 Å². The van der Waals surface area contributed by atoms with Crippen molar-refractivity contribution in [3.8, 4) is 6.01 Å². The van der Waals surface area contributed by atoms with Gasteiger partial charge in [0.15, 0.2) is 0 Å². The summed E-state index contributed by atoms with van der Waals surface area (Å²) < 4.78 is 5.41. The van der Waals surface area contributed by atoms with Gasteiger partial charge in [-0.15, -0.1) is 0 Å². The average molecular weight is 300 g/mol. The third-order valence-corrected chi connectivity index (χ3v) is 2.93. The van der Waals surface area contributed by atoms with Crippen LogP contribution in [0.2, 0.25) is 0 Å². The predicted octanol–water partition coefficient (Wildman–Crippen LogP) is 1.30. The molecule has 7 heteroatoms. The largest absolute Gasteiger partial charge is 0.457 e. The number of aryl methyl sites for hydroxylation is 2. The summed E-state index contributed by atoms with van der Waals surface area (Å²) in [6, 6.07) is 4.04. The molecule has 0 atom stereocenters. The Morgan fingerprint density at radius 2 is 2.05 bits per heavy atom. The molecular formula is C15H20N6O. The third-order valence-electron chi connectivity index (χ3n) is 2.93. The summed E-state index contributed by atoms with van der Waals surface area (Å²) in [4.78, 5) is 12.4. The molecule has 0 saturated heterocycles. The fourth-order valence-electron chi connectivity index (χ4n) is 1.69. The Morgan fingerprint density at radius 1 is 1.32 bits per heavy atom. The molecule has 2 aromatic heterocycles. The summed E-state index contributed by atoms with van der Waals surface area (Å²) in [6.07, 6.45) is 7.59. The fraction of sp³-hybridized carbons (Fsp3) is 0.267. The lowest BCUT2D eigenvalue weighted by atomic mass is 10.3. The van der Waals surface area contributed by atoms with Gasteiger partial charge in [0.1, 0.15) is 12.4 Å². The minimum absolute atomic E-state index is 0.144. The van der Waals surface area contributed by atoms with Gasteiger partial charge in [-0.25, -0.2) is 20.8 Å². The van der Waals surface area contributed by atoms with Gasteiger partial charge >= 0.3 is 6.01 Å². The first-order valence-corrected chi connectivity index (χ1v) is 6.95. The van der Waals surface area contributed by atoms with E-state index >= 15 is 0 Å². The summed E-state index contributed by atoms with van der Waals surface area (Å²) in [5.74, 6) is 6.50. The number of nitrogens with zero attached hydrogens (tertiary/aromatic N) is 4. The molecule has 0 amide bonds. The third kappa shape index (κ3) is 4.42. The summed E-state index contributed by atoms with van der Waals surface area (Å²) in [6.45, 7) is 4.15. The van der Waals surface area contributed by atoms with Gasteiger partial charge in [0.05, 0.1) is 5.70 Å². The van der Waals surface area contributed by atoms with Crippen molar-refractivity contribution >= 4 is 5.82 Å². The van der Waals surface area contributed by atoms with Crippen molar-refractivity contribution in [2.24, 2.45) is 11.6 Å². The molecule has 0 bridgehead atoms. The van der Waals surface area contributed by atoms with E-state index < -0.39 is 0 Å². The van der Waals surface area contributed by atoms with E-state index in [1.807, 2.05) is 26.0 Å². The maximum Gasteiger partial charge on any atom is 0.316 e. The van der Waals surface area contributed by atoms with E-state index in [0.29, 0.717) is 11.5 Å². The number of pyridine rings is 1. The summed E-state index contributed by atoms with van der Waals surface area (Å²) in [7, 11) is 0. The zero-order chi connectivity index (χ0) is 15.9. The maximum absolute atomic E-state index is 5.90. The van der Waals surface area contributed by atoms with E-state index in [0.717, 1.165) is 17.5 Å². The molecule has 2 aromatic rings. The molecule has 0 aromatic carbocycles. The average Bonchev–Trinajstić information content (AvgIpc) is 2.53. The smallest absolute Gasteiger partial charge is 0.316 e. The number of anilines is 1. The van der Waals surface area contributed by atoms with Crippen molar-refractivity contribution in [1.82, 2.24) is 15.0 Å². The quantitative estimate of drug-likeness (QED) is 0.612. The molecule has 0 fully saturated rings. The van der Waals surface area contributed by atoms with Crippen molar-refractivity contribution in [3.05, 3.63) is 53.7 Å². The normalized spacial score (nSPS) is 11.3. The standard InChI is InChI=1S/C15H20N6O/c1-3-12-7-19-15(20-8-12)22-10-13(16)9-21(17)14-6-11(2)4-5-18-14/h4-9H,3,10,16-17H2,1-2H3/b13-9-. The Bertz CT molecular complexity index is 641. The van der Waals surface area contributed by atoms with E-state index in [-0.39, 0.29) is 12.6 Å². The molecule has 4 N–H and O–H groups in total. The van der Waals surface area contributed by atoms with Gasteiger partial charge in [-0.05, 0) is 36.6 Å². The van der Waals surface area contributed by atoms with Crippen molar-refractivity contribution in [3.63, 3.8) is 0 Å². The van der Waals surface area contributed by atoms with Crippen LogP contribution in [0.25, 0.3) is 0 Å². The van der Waals surface area contributed by atoms with Crippen LogP contribution < -0.4 is 21.3 Å². The van der Waals surface area contributed by atoms with Crippen molar-refractivity contribution in [2.75, 3.05) is 11.6 Å². The number of ether oxygens (including phenoxy) is 1. The first-order chi connectivity index (χ1) is 10.6. The lowest BCUT2D eigenvalue weighted by molar-refractivity contribution is 0.321. The Labute approximate surface area is 129 Å². The summed E-state index contributed by atoms with van der Waals surface area (Å²) in [5, 5.41) is 1.35. The molecule has 22 heavy (non-hydrogen) atoms. The molecule has 0 unspecified atom stereocenters. The van der Waals surface area contributed by atoms with E-state index in [1.54, 1.807) is 24.8 Å². The number of aromatic nitrogens is 3. The van der Waals surface area contributed by atoms with Crippen molar-refractivity contribution in [1.29, 1.82) is 0 Å².